The van der Waals surface area contributed by atoms with Gasteiger partial charge in [0.05, 0.1) is 26.7 Å². The van der Waals surface area contributed by atoms with Crippen LogP contribution in [0.25, 0.3) is 0 Å². The van der Waals surface area contributed by atoms with Crippen LogP contribution >= 0.6 is 12.2 Å². The minimum Gasteiger partial charge on any atom is -0.362 e. The summed E-state index contributed by atoms with van der Waals surface area (Å²) in [6.07, 6.45) is 1.02. The van der Waals surface area contributed by atoms with Crippen LogP contribution < -0.4 is 15.5 Å². The van der Waals surface area contributed by atoms with Crippen molar-refractivity contribution >= 4 is 17.3 Å². The Morgan fingerprint density at radius 1 is 1.30 bits per heavy atom. The molecule has 3 nitrogen and oxygen atoms in total. The van der Waals surface area contributed by atoms with E-state index in [9.17, 15) is 8.78 Å². The van der Waals surface area contributed by atoms with Gasteiger partial charge in [-0.25, -0.2) is 8.78 Å². The molecule has 0 unspecified atom stereocenters. The van der Waals surface area contributed by atoms with Gasteiger partial charge in [-0.1, -0.05) is 6.07 Å². The fraction of sp³-hybridized carbons (Fsp3) is 0.500. The highest BCUT2D eigenvalue weighted by Gasteiger charge is 2.10. The molecule has 0 saturated heterocycles. The van der Waals surface area contributed by atoms with Crippen molar-refractivity contribution in [3.8, 4) is 0 Å². The van der Waals surface area contributed by atoms with Crippen molar-refractivity contribution in [1.29, 1.82) is 0 Å². The summed E-state index contributed by atoms with van der Waals surface area (Å²) in [5, 5.41) is 6.68. The molecule has 0 radical (unpaired) electrons. The number of rotatable bonds is 6. The Bertz CT molecular complexity index is 452. The molecule has 112 valence electrons. The minimum atomic E-state index is -0.844. The Kier molecular flexibility index (Phi) is 6.81. The summed E-state index contributed by atoms with van der Waals surface area (Å²) in [6, 6.07) is 3.68. The molecule has 1 aromatic carbocycles. The maximum absolute atomic E-state index is 13.1. The van der Waals surface area contributed by atoms with Crippen LogP contribution in [-0.2, 0) is 0 Å². The third-order valence-electron chi connectivity index (χ3n) is 2.93. The molecule has 0 aliphatic carbocycles. The van der Waals surface area contributed by atoms with E-state index < -0.39 is 11.6 Å². The summed E-state index contributed by atoms with van der Waals surface area (Å²) >= 11 is 5.17. The highest BCUT2D eigenvalue weighted by atomic mass is 32.1. The van der Waals surface area contributed by atoms with Gasteiger partial charge in [0.15, 0.2) is 16.7 Å². The van der Waals surface area contributed by atoms with E-state index in [2.05, 4.69) is 24.7 Å². The van der Waals surface area contributed by atoms with Crippen LogP contribution in [0.2, 0.25) is 0 Å². The van der Waals surface area contributed by atoms with E-state index in [0.717, 1.165) is 25.6 Å². The van der Waals surface area contributed by atoms with E-state index in [0.29, 0.717) is 10.7 Å². The van der Waals surface area contributed by atoms with Gasteiger partial charge in [0.25, 0.3) is 0 Å². The van der Waals surface area contributed by atoms with Crippen molar-refractivity contribution in [3.63, 3.8) is 0 Å². The van der Waals surface area contributed by atoms with Crippen molar-refractivity contribution in [2.75, 3.05) is 27.2 Å². The summed E-state index contributed by atoms with van der Waals surface area (Å²) in [7, 11) is 4.20. The highest BCUT2D eigenvalue weighted by molar-refractivity contribution is 7.80. The van der Waals surface area contributed by atoms with E-state index >= 15 is 0 Å². The molecule has 1 rings (SSSR count). The minimum absolute atomic E-state index is 0.176. The van der Waals surface area contributed by atoms with Gasteiger partial charge in [0.2, 0.25) is 0 Å². The van der Waals surface area contributed by atoms with Crippen LogP contribution in [0.4, 0.5) is 8.78 Å². The van der Waals surface area contributed by atoms with Crippen LogP contribution in [0.3, 0.4) is 0 Å². The molecular weight excluding hydrogens is 280 g/mol. The Balaban J connectivity index is 2.39. The first-order valence-corrected chi connectivity index (χ1v) is 7.09. The maximum Gasteiger partial charge on any atom is 0.166 e. The lowest BCUT2D eigenvalue weighted by atomic mass is 10.1. The Morgan fingerprint density at radius 3 is 2.60 bits per heavy atom. The lowest BCUT2D eigenvalue weighted by Crippen LogP contribution is -3.05. The number of halogens is 2. The highest BCUT2D eigenvalue weighted by Crippen LogP contribution is 2.15. The van der Waals surface area contributed by atoms with Gasteiger partial charge in [-0.15, -0.1) is 0 Å². The zero-order chi connectivity index (χ0) is 15.1. The fourth-order valence-electron chi connectivity index (χ4n) is 1.76. The molecule has 0 aliphatic heterocycles. The average Bonchev–Trinajstić information content (AvgIpc) is 2.37. The van der Waals surface area contributed by atoms with Crippen LogP contribution in [-0.4, -0.2) is 32.3 Å². The molecule has 1 atom stereocenters. The number of quaternary nitrogens is 1. The molecule has 0 bridgehead atoms. The summed E-state index contributed by atoms with van der Waals surface area (Å²) in [6.45, 7) is 3.71. The number of nitrogens with one attached hydrogen (secondary N) is 3. The Labute approximate surface area is 124 Å². The maximum atomic E-state index is 13.1. The van der Waals surface area contributed by atoms with Gasteiger partial charge in [0, 0.05) is 13.0 Å². The summed E-state index contributed by atoms with van der Waals surface area (Å²) in [5.74, 6) is -1.68. The van der Waals surface area contributed by atoms with E-state index in [1.807, 2.05) is 6.92 Å². The molecule has 0 aliphatic rings. The van der Waals surface area contributed by atoms with Gasteiger partial charge < -0.3 is 15.5 Å². The molecule has 0 aromatic heterocycles. The van der Waals surface area contributed by atoms with Crippen LogP contribution in [0.1, 0.15) is 24.9 Å². The van der Waals surface area contributed by atoms with E-state index in [1.54, 1.807) is 6.07 Å². The summed E-state index contributed by atoms with van der Waals surface area (Å²) < 4.78 is 26.0. The van der Waals surface area contributed by atoms with Crippen molar-refractivity contribution in [1.82, 2.24) is 10.6 Å². The van der Waals surface area contributed by atoms with Crippen LogP contribution in [0.5, 0.6) is 0 Å². The molecule has 20 heavy (non-hydrogen) atoms. The Morgan fingerprint density at radius 2 is 2.00 bits per heavy atom. The van der Waals surface area contributed by atoms with E-state index in [1.165, 1.54) is 11.0 Å². The molecule has 0 fully saturated rings. The van der Waals surface area contributed by atoms with Crippen LogP contribution in [0.15, 0.2) is 18.2 Å². The van der Waals surface area contributed by atoms with Gasteiger partial charge in [0.1, 0.15) is 0 Å². The summed E-state index contributed by atoms with van der Waals surface area (Å²) in [4.78, 5) is 1.39. The van der Waals surface area contributed by atoms with Gasteiger partial charge in [-0.05, 0) is 36.8 Å². The number of benzene rings is 1. The fourth-order valence-corrected chi connectivity index (χ4v) is 2.04. The van der Waals surface area contributed by atoms with Crippen molar-refractivity contribution in [3.05, 3.63) is 35.4 Å². The molecular formula is C14H22F2N3S+. The van der Waals surface area contributed by atoms with Crippen molar-refractivity contribution < 1.29 is 13.7 Å². The molecule has 1 aromatic rings. The van der Waals surface area contributed by atoms with Crippen molar-refractivity contribution in [2.24, 2.45) is 0 Å². The molecule has 0 spiro atoms. The van der Waals surface area contributed by atoms with Gasteiger partial charge >= 0.3 is 0 Å². The SMILES string of the molecule is C[C@@H](NC(=S)NCCC[NH+](C)C)c1ccc(F)c(F)c1. The van der Waals surface area contributed by atoms with E-state index in [4.69, 9.17) is 12.2 Å². The standard InChI is InChI=1S/C14H21F2N3S/c1-10(11-5-6-12(15)13(16)9-11)18-14(20)17-7-4-8-19(2)3/h5-6,9-10H,4,7-8H2,1-3H3,(H2,17,18,20)/p+1/t10-/m1/s1. The second-order valence-electron chi connectivity index (χ2n) is 5.11. The topological polar surface area (TPSA) is 28.5 Å². The summed E-state index contributed by atoms with van der Waals surface area (Å²) in [5.41, 5.74) is 0.658. The molecule has 0 saturated carbocycles. The lowest BCUT2D eigenvalue weighted by Gasteiger charge is -2.17. The average molecular weight is 302 g/mol. The number of hydrogen-bond acceptors (Lipinski definition) is 1. The monoisotopic (exact) mass is 302 g/mol. The predicted octanol–water partition coefficient (Wildman–Crippen LogP) is 1.02. The lowest BCUT2D eigenvalue weighted by molar-refractivity contribution is -0.858. The normalized spacial score (nSPS) is 12.3. The molecule has 0 amide bonds. The molecule has 0 heterocycles. The quantitative estimate of drug-likeness (QED) is 0.541. The number of thiocarbonyl (C=S) groups is 1. The zero-order valence-corrected chi connectivity index (χ0v) is 12.9. The zero-order valence-electron chi connectivity index (χ0n) is 12.1. The first-order chi connectivity index (χ1) is 9.40. The van der Waals surface area contributed by atoms with Gasteiger partial charge in [-0.3, -0.25) is 0 Å². The van der Waals surface area contributed by atoms with Crippen LogP contribution in [0, 0.1) is 11.6 Å². The first kappa shape index (κ1) is 16.8. The predicted molar refractivity (Wildman–Crippen MR) is 80.8 cm³/mol. The third-order valence-corrected chi connectivity index (χ3v) is 3.19. The second-order valence-corrected chi connectivity index (χ2v) is 5.51. The van der Waals surface area contributed by atoms with E-state index in [-0.39, 0.29) is 6.04 Å². The molecule has 6 heteroatoms. The second kappa shape index (κ2) is 8.11. The smallest absolute Gasteiger partial charge is 0.166 e. The largest absolute Gasteiger partial charge is 0.362 e. The Hall–Kier alpha value is -1.27. The first-order valence-electron chi connectivity index (χ1n) is 6.68. The number of hydrogen-bond donors (Lipinski definition) is 3. The van der Waals surface area contributed by atoms with Gasteiger partial charge in [-0.2, -0.15) is 0 Å². The third kappa shape index (κ3) is 5.79. The van der Waals surface area contributed by atoms with Crippen molar-refractivity contribution in [2.45, 2.75) is 19.4 Å². The molecule has 3 N–H and O–H groups in total.